The molecule has 1 atom stereocenters. The quantitative estimate of drug-likeness (QED) is 0.784. The summed E-state index contributed by atoms with van der Waals surface area (Å²) in [6, 6.07) is 5.83. The number of fused-ring (bicyclic) bond motifs is 3. The molecule has 0 aliphatic carbocycles. The summed E-state index contributed by atoms with van der Waals surface area (Å²) in [7, 11) is 1.64. The number of esters is 1. The Bertz CT molecular complexity index is 911. The van der Waals surface area contributed by atoms with E-state index in [-0.39, 0.29) is 23.6 Å². The first kappa shape index (κ1) is 18.2. The number of rotatable bonds is 4. The molecule has 0 unspecified atom stereocenters. The second kappa shape index (κ2) is 6.98. The molecule has 1 aliphatic heterocycles. The lowest BCUT2D eigenvalue weighted by Crippen LogP contribution is -2.28. The lowest BCUT2D eigenvalue weighted by Gasteiger charge is -2.33. The monoisotopic (exact) mass is 355 g/mol. The molecule has 0 spiro atoms. The normalized spacial score (nSPS) is 15.4. The molecule has 0 N–H and O–H groups in total. The smallest absolute Gasteiger partial charge is 0.343 e. The zero-order valence-electron chi connectivity index (χ0n) is 16.0. The van der Waals surface area contributed by atoms with Gasteiger partial charge in [0.1, 0.15) is 11.3 Å². The van der Waals surface area contributed by atoms with Crippen molar-refractivity contribution in [2.75, 3.05) is 13.7 Å². The van der Waals surface area contributed by atoms with Crippen LogP contribution in [0.25, 0.3) is 11.3 Å². The maximum Gasteiger partial charge on any atom is 0.343 e. The summed E-state index contributed by atoms with van der Waals surface area (Å²) >= 11 is 0. The van der Waals surface area contributed by atoms with Crippen LogP contribution in [0, 0.1) is 12.8 Å². The maximum atomic E-state index is 12.6. The SMILES string of the molecule is CCOC(=O)c1cn2c(cc1=O)-c1cc(OC)c(C)cc1C[C@H]2C(C)C. The minimum Gasteiger partial charge on any atom is -0.496 e. The second-order valence-corrected chi connectivity index (χ2v) is 7.06. The van der Waals surface area contributed by atoms with Crippen molar-refractivity contribution >= 4 is 5.97 Å². The van der Waals surface area contributed by atoms with E-state index in [0.29, 0.717) is 5.92 Å². The van der Waals surface area contributed by atoms with E-state index in [0.717, 1.165) is 29.0 Å². The summed E-state index contributed by atoms with van der Waals surface area (Å²) < 4.78 is 12.6. The third-order valence-electron chi connectivity index (χ3n) is 5.03. The molecule has 2 heterocycles. The fourth-order valence-corrected chi connectivity index (χ4v) is 3.66. The third-order valence-corrected chi connectivity index (χ3v) is 5.03. The minimum atomic E-state index is -0.567. The summed E-state index contributed by atoms with van der Waals surface area (Å²) in [4.78, 5) is 24.7. The summed E-state index contributed by atoms with van der Waals surface area (Å²) in [5.41, 5.74) is 3.85. The molecule has 138 valence electrons. The Morgan fingerprint density at radius 1 is 1.31 bits per heavy atom. The van der Waals surface area contributed by atoms with Crippen molar-refractivity contribution in [3.05, 3.63) is 51.3 Å². The van der Waals surface area contributed by atoms with Gasteiger partial charge >= 0.3 is 5.97 Å². The highest BCUT2D eigenvalue weighted by Crippen LogP contribution is 2.40. The molecule has 26 heavy (non-hydrogen) atoms. The molecule has 3 rings (SSSR count). The largest absolute Gasteiger partial charge is 0.496 e. The minimum absolute atomic E-state index is 0.0868. The highest BCUT2D eigenvalue weighted by molar-refractivity contribution is 5.89. The van der Waals surface area contributed by atoms with Crippen LogP contribution >= 0.6 is 0 Å². The van der Waals surface area contributed by atoms with Crippen LogP contribution in [0.5, 0.6) is 5.75 Å². The molecule has 0 radical (unpaired) electrons. The van der Waals surface area contributed by atoms with Crippen molar-refractivity contribution in [3.63, 3.8) is 0 Å². The van der Waals surface area contributed by atoms with Gasteiger partial charge in [-0.25, -0.2) is 4.79 Å². The predicted molar refractivity (Wildman–Crippen MR) is 101 cm³/mol. The number of ether oxygens (including phenoxy) is 2. The number of hydrogen-bond acceptors (Lipinski definition) is 4. The van der Waals surface area contributed by atoms with Crippen molar-refractivity contribution in [3.8, 4) is 17.0 Å². The van der Waals surface area contributed by atoms with E-state index in [1.165, 1.54) is 5.56 Å². The van der Waals surface area contributed by atoms with Gasteiger partial charge in [-0.05, 0) is 43.4 Å². The predicted octanol–water partition coefficient (Wildman–Crippen LogP) is 3.76. The molecule has 5 heteroatoms. The van der Waals surface area contributed by atoms with Crippen LogP contribution < -0.4 is 10.2 Å². The van der Waals surface area contributed by atoms with Crippen LogP contribution in [0.15, 0.2) is 29.2 Å². The average molecular weight is 355 g/mol. The fourth-order valence-electron chi connectivity index (χ4n) is 3.66. The number of pyridine rings is 1. The summed E-state index contributed by atoms with van der Waals surface area (Å²) in [5, 5.41) is 0. The van der Waals surface area contributed by atoms with Gasteiger partial charge in [0.25, 0.3) is 0 Å². The molecule has 0 saturated carbocycles. The topological polar surface area (TPSA) is 57.5 Å². The van der Waals surface area contributed by atoms with Crippen LogP contribution in [0.3, 0.4) is 0 Å². The van der Waals surface area contributed by atoms with Gasteiger partial charge in [0.15, 0.2) is 5.43 Å². The first-order valence-corrected chi connectivity index (χ1v) is 8.98. The molecule has 1 aromatic carbocycles. The van der Waals surface area contributed by atoms with Crippen LogP contribution in [0.2, 0.25) is 0 Å². The fraction of sp³-hybridized carbons (Fsp3) is 0.429. The molecular formula is C21H25NO4. The first-order valence-electron chi connectivity index (χ1n) is 8.98. The van der Waals surface area contributed by atoms with Crippen LogP contribution in [-0.2, 0) is 11.2 Å². The van der Waals surface area contributed by atoms with Crippen molar-refractivity contribution in [1.82, 2.24) is 4.57 Å². The van der Waals surface area contributed by atoms with Gasteiger partial charge in [0.2, 0.25) is 0 Å². The number of carbonyl (C=O) groups excluding carboxylic acids is 1. The number of benzene rings is 1. The van der Waals surface area contributed by atoms with Gasteiger partial charge in [-0.2, -0.15) is 0 Å². The number of hydrogen-bond donors (Lipinski definition) is 0. The van der Waals surface area contributed by atoms with Gasteiger partial charge in [-0.15, -0.1) is 0 Å². The second-order valence-electron chi connectivity index (χ2n) is 7.06. The molecule has 0 fully saturated rings. The van der Waals surface area contributed by atoms with Gasteiger partial charge < -0.3 is 14.0 Å². The average Bonchev–Trinajstić information content (AvgIpc) is 2.59. The zero-order valence-corrected chi connectivity index (χ0v) is 16.0. The van der Waals surface area contributed by atoms with E-state index >= 15 is 0 Å². The van der Waals surface area contributed by atoms with E-state index in [4.69, 9.17) is 9.47 Å². The van der Waals surface area contributed by atoms with Crippen molar-refractivity contribution in [2.45, 2.75) is 40.2 Å². The Balaban J connectivity index is 2.25. The Kier molecular flexibility index (Phi) is 4.90. The third kappa shape index (κ3) is 3.02. The molecular weight excluding hydrogens is 330 g/mol. The van der Waals surface area contributed by atoms with E-state index in [9.17, 15) is 9.59 Å². The maximum absolute atomic E-state index is 12.6. The number of methoxy groups -OCH3 is 1. The van der Waals surface area contributed by atoms with Crippen LogP contribution in [-0.4, -0.2) is 24.3 Å². The highest BCUT2D eigenvalue weighted by Gasteiger charge is 2.28. The van der Waals surface area contributed by atoms with E-state index in [1.807, 2.05) is 13.0 Å². The van der Waals surface area contributed by atoms with E-state index < -0.39 is 5.97 Å². The number of nitrogens with zero attached hydrogens (tertiary/aromatic N) is 1. The lowest BCUT2D eigenvalue weighted by molar-refractivity contribution is 0.0523. The van der Waals surface area contributed by atoms with Crippen molar-refractivity contribution in [1.29, 1.82) is 0 Å². The molecule has 0 saturated heterocycles. The molecule has 5 nitrogen and oxygen atoms in total. The van der Waals surface area contributed by atoms with Crippen LogP contribution in [0.4, 0.5) is 0 Å². The Morgan fingerprint density at radius 2 is 2.04 bits per heavy atom. The number of aromatic nitrogens is 1. The summed E-state index contributed by atoms with van der Waals surface area (Å²) in [6.07, 6.45) is 2.51. The standard InChI is InChI=1S/C21H25NO4/c1-6-26-21(24)16-11-22-17(12(2)3)8-14-7-13(4)20(25-5)9-15(14)18(22)10-19(16)23/h7,9-12,17H,6,8H2,1-5H3/t17-/m0/s1. The Hall–Kier alpha value is -2.56. The molecule has 2 aromatic rings. The number of carbonyl (C=O) groups is 1. The van der Waals surface area contributed by atoms with Gasteiger partial charge in [0.05, 0.1) is 19.4 Å². The van der Waals surface area contributed by atoms with Crippen molar-refractivity contribution < 1.29 is 14.3 Å². The molecule has 0 amide bonds. The summed E-state index contributed by atoms with van der Waals surface area (Å²) in [6.45, 7) is 8.30. The first-order chi connectivity index (χ1) is 12.4. The van der Waals surface area contributed by atoms with E-state index in [2.05, 4.69) is 24.5 Å². The summed E-state index contributed by atoms with van der Waals surface area (Å²) in [5.74, 6) is 0.574. The number of aryl methyl sites for hydroxylation is 1. The van der Waals surface area contributed by atoms with Crippen molar-refractivity contribution in [2.24, 2.45) is 5.92 Å². The highest BCUT2D eigenvalue weighted by atomic mass is 16.5. The van der Waals surface area contributed by atoms with Crippen LogP contribution in [0.1, 0.15) is 48.3 Å². The molecule has 0 bridgehead atoms. The molecule has 1 aliphatic rings. The zero-order chi connectivity index (χ0) is 19.0. The molecule has 1 aromatic heterocycles. The van der Waals surface area contributed by atoms with Gasteiger partial charge in [0, 0.05) is 23.9 Å². The Labute approximate surface area is 153 Å². The van der Waals surface area contributed by atoms with E-state index in [1.54, 1.807) is 26.3 Å². The van der Waals surface area contributed by atoms with Gasteiger partial charge in [-0.3, -0.25) is 4.79 Å². The van der Waals surface area contributed by atoms with Gasteiger partial charge in [-0.1, -0.05) is 19.9 Å². The lowest BCUT2D eigenvalue weighted by atomic mass is 9.86. The Morgan fingerprint density at radius 3 is 2.65 bits per heavy atom.